The third kappa shape index (κ3) is 1.37. The zero-order chi connectivity index (χ0) is 8.39. The van der Waals surface area contributed by atoms with Crippen LogP contribution in [0, 0.1) is 0 Å². The zero-order valence-corrected chi connectivity index (χ0v) is 6.92. The molecular formula is C10H11NO. The van der Waals surface area contributed by atoms with Gasteiger partial charge in [-0.1, -0.05) is 0 Å². The van der Waals surface area contributed by atoms with Crippen molar-refractivity contribution in [3.8, 4) is 0 Å². The molecule has 0 bridgehead atoms. The Morgan fingerprint density at radius 3 is 3.08 bits per heavy atom. The van der Waals surface area contributed by atoms with Gasteiger partial charge in [-0.2, -0.15) is 0 Å². The van der Waals surface area contributed by atoms with Gasteiger partial charge in [-0.3, -0.25) is 9.78 Å². The van der Waals surface area contributed by atoms with Crippen LogP contribution in [0.4, 0.5) is 0 Å². The topological polar surface area (TPSA) is 30.0 Å². The first-order chi connectivity index (χ1) is 5.86. The number of hydrogen-bond acceptors (Lipinski definition) is 2. The molecule has 12 heavy (non-hydrogen) atoms. The number of Topliss-reactive ketones (excluding diaryl/α,β-unsaturated/α-hetero) is 1. The number of pyridine rings is 1. The van der Waals surface area contributed by atoms with Crippen molar-refractivity contribution in [3.63, 3.8) is 0 Å². The number of hydrogen-bond donors (Lipinski definition) is 0. The van der Waals surface area contributed by atoms with Gasteiger partial charge in [0.2, 0.25) is 0 Å². The number of fused-ring (bicyclic) bond motifs is 1. The van der Waals surface area contributed by atoms with Gasteiger partial charge in [0.05, 0.1) is 0 Å². The van der Waals surface area contributed by atoms with E-state index in [1.54, 1.807) is 6.20 Å². The molecule has 0 N–H and O–H groups in total. The van der Waals surface area contributed by atoms with Crippen molar-refractivity contribution in [1.29, 1.82) is 0 Å². The average Bonchev–Trinajstić information content (AvgIpc) is 2.25. The number of nitrogens with zero attached hydrogens (tertiary/aromatic N) is 1. The van der Waals surface area contributed by atoms with Gasteiger partial charge >= 0.3 is 0 Å². The van der Waals surface area contributed by atoms with E-state index in [0.29, 0.717) is 12.2 Å². The first kappa shape index (κ1) is 7.47. The van der Waals surface area contributed by atoms with Crippen LogP contribution in [0.2, 0.25) is 0 Å². The Morgan fingerprint density at radius 1 is 1.25 bits per heavy atom. The number of ketones is 1. The molecule has 62 valence electrons. The van der Waals surface area contributed by atoms with Gasteiger partial charge in [0.15, 0.2) is 0 Å². The Kier molecular flexibility index (Phi) is 1.90. The van der Waals surface area contributed by atoms with Gasteiger partial charge in [-0.05, 0) is 30.0 Å². The number of rotatable bonds is 0. The highest BCUT2D eigenvalue weighted by Crippen LogP contribution is 2.16. The second-order valence-electron chi connectivity index (χ2n) is 3.21. The van der Waals surface area contributed by atoms with Crippen LogP contribution in [0.5, 0.6) is 0 Å². The second kappa shape index (κ2) is 3.05. The smallest absolute Gasteiger partial charge is 0.137 e. The summed E-state index contributed by atoms with van der Waals surface area (Å²) in [7, 11) is 0. The molecule has 0 saturated carbocycles. The van der Waals surface area contributed by atoms with E-state index in [4.69, 9.17) is 0 Å². The van der Waals surface area contributed by atoms with Crippen LogP contribution in [0.25, 0.3) is 0 Å². The molecule has 0 saturated heterocycles. The standard InChI is InChI=1S/C10H11NO/c12-10-3-1-2-8-4-5-11-7-9(8)6-10/h4-5,7H,1-3,6H2. The summed E-state index contributed by atoms with van der Waals surface area (Å²) in [5.41, 5.74) is 2.43. The molecule has 0 spiro atoms. The lowest BCUT2D eigenvalue weighted by atomic mass is 10.1. The molecule has 0 aliphatic heterocycles. The van der Waals surface area contributed by atoms with E-state index in [1.807, 2.05) is 12.3 Å². The lowest BCUT2D eigenvalue weighted by Crippen LogP contribution is -2.00. The summed E-state index contributed by atoms with van der Waals surface area (Å²) in [6.45, 7) is 0. The highest BCUT2D eigenvalue weighted by molar-refractivity contribution is 5.81. The molecule has 1 aromatic heterocycles. The highest BCUT2D eigenvalue weighted by Gasteiger charge is 2.12. The molecule has 1 aliphatic rings. The molecule has 0 aromatic carbocycles. The second-order valence-corrected chi connectivity index (χ2v) is 3.21. The Labute approximate surface area is 71.6 Å². The van der Waals surface area contributed by atoms with Gasteiger partial charge < -0.3 is 0 Å². The fraction of sp³-hybridized carbons (Fsp3) is 0.400. The predicted octanol–water partition coefficient (Wildman–Crippen LogP) is 1.53. The molecule has 0 fully saturated rings. The zero-order valence-electron chi connectivity index (χ0n) is 6.92. The van der Waals surface area contributed by atoms with Crippen molar-refractivity contribution < 1.29 is 4.79 Å². The van der Waals surface area contributed by atoms with Crippen LogP contribution in [0.3, 0.4) is 0 Å². The van der Waals surface area contributed by atoms with Gasteiger partial charge in [0, 0.05) is 25.2 Å². The molecule has 0 unspecified atom stereocenters. The van der Waals surface area contributed by atoms with Crippen molar-refractivity contribution in [2.24, 2.45) is 0 Å². The molecule has 1 aliphatic carbocycles. The van der Waals surface area contributed by atoms with E-state index in [-0.39, 0.29) is 0 Å². The summed E-state index contributed by atoms with van der Waals surface area (Å²) < 4.78 is 0. The lowest BCUT2D eigenvalue weighted by molar-refractivity contribution is -0.118. The minimum atomic E-state index is 0.349. The molecule has 0 amide bonds. The fourth-order valence-corrected chi connectivity index (χ4v) is 1.64. The molecule has 2 nitrogen and oxygen atoms in total. The Bertz CT molecular complexity index is 306. The summed E-state index contributed by atoms with van der Waals surface area (Å²) in [5.74, 6) is 0.349. The SMILES string of the molecule is O=C1CCCc2ccncc2C1. The van der Waals surface area contributed by atoms with Crippen molar-refractivity contribution in [2.75, 3.05) is 0 Å². The van der Waals surface area contributed by atoms with Crippen LogP contribution < -0.4 is 0 Å². The summed E-state index contributed by atoms with van der Waals surface area (Å²) in [4.78, 5) is 15.2. The highest BCUT2D eigenvalue weighted by atomic mass is 16.1. The van der Waals surface area contributed by atoms with Gasteiger partial charge in [0.1, 0.15) is 5.78 Å². The minimum Gasteiger partial charge on any atom is -0.299 e. The van der Waals surface area contributed by atoms with E-state index < -0.39 is 0 Å². The minimum absolute atomic E-state index is 0.349. The van der Waals surface area contributed by atoms with Gasteiger partial charge in [0.25, 0.3) is 0 Å². The van der Waals surface area contributed by atoms with E-state index in [1.165, 1.54) is 5.56 Å². The average molecular weight is 161 g/mol. The van der Waals surface area contributed by atoms with Crippen LogP contribution in [-0.2, 0) is 17.6 Å². The summed E-state index contributed by atoms with van der Waals surface area (Å²) in [6, 6.07) is 2.02. The van der Waals surface area contributed by atoms with Crippen LogP contribution in [-0.4, -0.2) is 10.8 Å². The van der Waals surface area contributed by atoms with Crippen molar-refractivity contribution in [3.05, 3.63) is 29.6 Å². The molecule has 0 atom stereocenters. The number of carbonyl (C=O) groups is 1. The predicted molar refractivity (Wildman–Crippen MR) is 45.9 cm³/mol. The Hall–Kier alpha value is -1.18. The first-order valence-electron chi connectivity index (χ1n) is 4.30. The molecular weight excluding hydrogens is 150 g/mol. The van der Waals surface area contributed by atoms with Crippen LogP contribution in [0.1, 0.15) is 24.0 Å². The Morgan fingerprint density at radius 2 is 2.17 bits per heavy atom. The van der Waals surface area contributed by atoms with E-state index in [0.717, 1.165) is 24.8 Å². The summed E-state index contributed by atoms with van der Waals surface area (Å²) in [5, 5.41) is 0. The summed E-state index contributed by atoms with van der Waals surface area (Å²) >= 11 is 0. The number of aryl methyl sites for hydroxylation is 1. The molecule has 1 aromatic rings. The third-order valence-electron chi connectivity index (χ3n) is 2.29. The van der Waals surface area contributed by atoms with Gasteiger partial charge in [-0.15, -0.1) is 0 Å². The van der Waals surface area contributed by atoms with E-state index in [9.17, 15) is 4.79 Å². The molecule has 2 rings (SSSR count). The number of carbonyl (C=O) groups excluding carboxylic acids is 1. The van der Waals surface area contributed by atoms with E-state index in [2.05, 4.69) is 4.98 Å². The fourth-order valence-electron chi connectivity index (χ4n) is 1.64. The van der Waals surface area contributed by atoms with Crippen molar-refractivity contribution in [1.82, 2.24) is 4.98 Å². The number of aromatic nitrogens is 1. The maximum Gasteiger partial charge on any atom is 0.137 e. The van der Waals surface area contributed by atoms with Crippen molar-refractivity contribution in [2.45, 2.75) is 25.7 Å². The first-order valence-corrected chi connectivity index (χ1v) is 4.30. The van der Waals surface area contributed by atoms with Crippen LogP contribution >= 0.6 is 0 Å². The maximum absolute atomic E-state index is 11.2. The van der Waals surface area contributed by atoms with E-state index >= 15 is 0 Å². The monoisotopic (exact) mass is 161 g/mol. The normalized spacial score (nSPS) is 16.8. The molecule has 2 heteroatoms. The summed E-state index contributed by atoms with van der Waals surface area (Å²) in [6.07, 6.45) is 6.96. The lowest BCUT2D eigenvalue weighted by Gasteiger charge is -2.00. The molecule has 1 heterocycles. The van der Waals surface area contributed by atoms with Crippen molar-refractivity contribution >= 4 is 5.78 Å². The maximum atomic E-state index is 11.2. The molecule has 0 radical (unpaired) electrons. The quantitative estimate of drug-likeness (QED) is 0.540. The van der Waals surface area contributed by atoms with Crippen LogP contribution in [0.15, 0.2) is 18.5 Å². The Balaban J connectivity index is 2.37. The van der Waals surface area contributed by atoms with Gasteiger partial charge in [-0.25, -0.2) is 0 Å². The largest absolute Gasteiger partial charge is 0.299 e. The third-order valence-corrected chi connectivity index (χ3v) is 2.29.